The zero-order valence-corrected chi connectivity index (χ0v) is 16.8. The van der Waals surface area contributed by atoms with Crippen LogP contribution in [0.1, 0.15) is 11.3 Å². The number of nitrogens with two attached hydrogens (primary N) is 2. The van der Waals surface area contributed by atoms with Crippen molar-refractivity contribution in [2.45, 2.75) is 12.3 Å². The molecule has 0 unspecified atom stereocenters. The average Bonchev–Trinajstić information content (AvgIpc) is 3.29. The smallest absolute Gasteiger partial charge is 0.212 e. The maximum atomic E-state index is 5.35. The fourth-order valence-electron chi connectivity index (χ4n) is 2.05. The number of thiazole rings is 1. The van der Waals surface area contributed by atoms with E-state index in [9.17, 15) is 0 Å². The molecule has 3 aromatic heterocycles. The maximum absolute atomic E-state index is 5.35. The highest BCUT2D eigenvalue weighted by molar-refractivity contribution is 7.98. The molecule has 0 amide bonds. The van der Waals surface area contributed by atoms with Crippen LogP contribution in [0.25, 0.3) is 0 Å². The molecule has 27 heavy (non-hydrogen) atoms. The molecule has 0 aliphatic rings. The summed E-state index contributed by atoms with van der Waals surface area (Å²) in [6.07, 6.45) is 3.58. The number of pyridine rings is 1. The number of anilines is 2. The SMILES string of the molecule is NC(N)=Nc1nc(CSCCNc2nsnc2NCc2cccnc2)cs1. The Kier molecular flexibility index (Phi) is 7.19. The van der Waals surface area contributed by atoms with E-state index in [2.05, 4.69) is 34.3 Å². The summed E-state index contributed by atoms with van der Waals surface area (Å²) in [5.41, 5.74) is 12.8. The molecule has 3 rings (SSSR count). The van der Waals surface area contributed by atoms with E-state index in [1.807, 2.05) is 23.7 Å². The summed E-state index contributed by atoms with van der Waals surface area (Å²) in [4.78, 5) is 12.4. The maximum Gasteiger partial charge on any atom is 0.212 e. The molecule has 6 N–H and O–H groups in total. The third kappa shape index (κ3) is 6.34. The van der Waals surface area contributed by atoms with Gasteiger partial charge in [-0.3, -0.25) is 4.98 Å². The molecular formula is C15H19N9S3. The van der Waals surface area contributed by atoms with E-state index in [1.54, 1.807) is 18.0 Å². The molecule has 0 atom stereocenters. The molecule has 0 saturated heterocycles. The minimum absolute atomic E-state index is 0.0255. The number of guanidine groups is 1. The second kappa shape index (κ2) is 10.0. The van der Waals surface area contributed by atoms with E-state index in [-0.39, 0.29) is 5.96 Å². The van der Waals surface area contributed by atoms with Gasteiger partial charge in [0.2, 0.25) is 5.13 Å². The predicted octanol–water partition coefficient (Wildman–Crippen LogP) is 2.25. The van der Waals surface area contributed by atoms with Gasteiger partial charge < -0.3 is 22.1 Å². The fraction of sp³-hybridized carbons (Fsp3) is 0.267. The van der Waals surface area contributed by atoms with E-state index in [1.165, 1.54) is 23.1 Å². The quantitative estimate of drug-likeness (QED) is 0.220. The van der Waals surface area contributed by atoms with Crippen LogP contribution in [0.2, 0.25) is 0 Å². The molecule has 0 fully saturated rings. The minimum atomic E-state index is 0.0255. The average molecular weight is 422 g/mol. The van der Waals surface area contributed by atoms with Crippen molar-refractivity contribution < 1.29 is 0 Å². The van der Waals surface area contributed by atoms with Crippen molar-refractivity contribution in [2.24, 2.45) is 16.5 Å². The zero-order chi connectivity index (χ0) is 18.9. The summed E-state index contributed by atoms with van der Waals surface area (Å²) in [7, 11) is 0. The second-order valence-corrected chi connectivity index (χ2v) is 7.78. The molecule has 0 saturated carbocycles. The highest BCUT2D eigenvalue weighted by atomic mass is 32.2. The number of rotatable bonds is 10. The van der Waals surface area contributed by atoms with Crippen molar-refractivity contribution in [3.8, 4) is 0 Å². The van der Waals surface area contributed by atoms with E-state index in [4.69, 9.17) is 11.5 Å². The Morgan fingerprint density at radius 2 is 2.07 bits per heavy atom. The van der Waals surface area contributed by atoms with Gasteiger partial charge in [-0.15, -0.1) is 11.3 Å². The Hall–Kier alpha value is -2.44. The van der Waals surface area contributed by atoms with Crippen LogP contribution in [-0.2, 0) is 12.3 Å². The topological polar surface area (TPSA) is 140 Å². The van der Waals surface area contributed by atoms with Gasteiger partial charge in [-0.1, -0.05) is 6.07 Å². The number of thioether (sulfide) groups is 1. The fourth-order valence-corrected chi connectivity index (χ4v) is 4.12. The lowest BCUT2D eigenvalue weighted by Gasteiger charge is -2.07. The van der Waals surface area contributed by atoms with E-state index in [0.29, 0.717) is 11.7 Å². The molecule has 142 valence electrons. The normalized spacial score (nSPS) is 10.5. The van der Waals surface area contributed by atoms with E-state index < -0.39 is 0 Å². The monoisotopic (exact) mass is 421 g/mol. The summed E-state index contributed by atoms with van der Waals surface area (Å²) >= 11 is 4.38. The van der Waals surface area contributed by atoms with Gasteiger partial charge in [0.25, 0.3) is 0 Å². The molecule has 0 aliphatic heterocycles. The van der Waals surface area contributed by atoms with Crippen LogP contribution < -0.4 is 22.1 Å². The lowest BCUT2D eigenvalue weighted by Crippen LogP contribution is -2.21. The molecule has 0 bridgehead atoms. The van der Waals surface area contributed by atoms with Crippen molar-refractivity contribution in [2.75, 3.05) is 22.9 Å². The molecule has 3 aromatic rings. The van der Waals surface area contributed by atoms with Gasteiger partial charge in [0.05, 0.1) is 17.4 Å². The Balaban J connectivity index is 1.38. The Morgan fingerprint density at radius 1 is 1.22 bits per heavy atom. The minimum Gasteiger partial charge on any atom is -0.370 e. The molecule has 0 radical (unpaired) electrons. The van der Waals surface area contributed by atoms with E-state index >= 15 is 0 Å². The second-order valence-electron chi connectivity index (χ2n) is 5.31. The standard InChI is InChI=1S/C15H19N9S3/c16-14(17)22-15-21-11(9-26-15)8-25-5-4-19-12-13(24-27-23-12)20-7-10-2-1-3-18-6-10/h1-3,6,9H,4-5,7-8H2,(H,19,23)(H,20,24)(H4,16,17,21,22). The summed E-state index contributed by atoms with van der Waals surface area (Å²) < 4.78 is 8.59. The molecule has 0 aliphatic carbocycles. The Bertz CT molecular complexity index is 858. The van der Waals surface area contributed by atoms with Crippen LogP contribution in [0.5, 0.6) is 0 Å². The summed E-state index contributed by atoms with van der Waals surface area (Å²) in [5, 5.41) is 9.14. The van der Waals surface area contributed by atoms with Crippen molar-refractivity contribution in [1.29, 1.82) is 0 Å². The van der Waals surface area contributed by atoms with Gasteiger partial charge in [-0.2, -0.15) is 25.5 Å². The van der Waals surface area contributed by atoms with Crippen LogP contribution in [-0.4, -0.2) is 37.0 Å². The van der Waals surface area contributed by atoms with Crippen molar-refractivity contribution in [3.05, 3.63) is 41.2 Å². The van der Waals surface area contributed by atoms with E-state index in [0.717, 1.165) is 40.9 Å². The summed E-state index contributed by atoms with van der Waals surface area (Å²) in [5.74, 6) is 3.27. The zero-order valence-electron chi connectivity index (χ0n) is 14.3. The highest BCUT2D eigenvalue weighted by Crippen LogP contribution is 2.22. The lowest BCUT2D eigenvalue weighted by atomic mass is 10.3. The molecule has 3 heterocycles. The number of nitrogens with zero attached hydrogens (tertiary/aromatic N) is 5. The van der Waals surface area contributed by atoms with Gasteiger partial charge in [-0.25, -0.2) is 4.98 Å². The van der Waals surface area contributed by atoms with Crippen LogP contribution >= 0.6 is 34.8 Å². The molecule has 9 nitrogen and oxygen atoms in total. The van der Waals surface area contributed by atoms with Crippen molar-refractivity contribution in [3.63, 3.8) is 0 Å². The Labute approximate surface area is 169 Å². The molecule has 12 heteroatoms. The first-order valence-electron chi connectivity index (χ1n) is 8.01. The van der Waals surface area contributed by atoms with Crippen molar-refractivity contribution in [1.82, 2.24) is 18.7 Å². The predicted molar refractivity (Wildman–Crippen MR) is 114 cm³/mol. The third-order valence-electron chi connectivity index (χ3n) is 3.22. The lowest BCUT2D eigenvalue weighted by molar-refractivity contribution is 1.09. The third-order valence-corrected chi connectivity index (χ3v) is 5.53. The van der Waals surface area contributed by atoms with Crippen LogP contribution in [0.15, 0.2) is 34.9 Å². The highest BCUT2D eigenvalue weighted by Gasteiger charge is 2.07. The summed E-state index contributed by atoms with van der Waals surface area (Å²) in [6.45, 7) is 1.44. The van der Waals surface area contributed by atoms with Crippen LogP contribution in [0.4, 0.5) is 16.8 Å². The largest absolute Gasteiger partial charge is 0.370 e. The first-order chi connectivity index (χ1) is 13.2. The number of aliphatic imine (C=N–C) groups is 1. The molecular weight excluding hydrogens is 402 g/mol. The number of aromatic nitrogens is 4. The number of nitrogens with one attached hydrogen (secondary N) is 2. The molecule has 0 spiro atoms. The van der Waals surface area contributed by atoms with Gasteiger partial charge in [0.15, 0.2) is 17.6 Å². The van der Waals surface area contributed by atoms with Gasteiger partial charge >= 0.3 is 0 Å². The van der Waals surface area contributed by atoms with Gasteiger partial charge in [0.1, 0.15) is 0 Å². The van der Waals surface area contributed by atoms with Gasteiger partial charge in [-0.05, 0) is 11.6 Å². The van der Waals surface area contributed by atoms with Crippen LogP contribution in [0.3, 0.4) is 0 Å². The molecule has 0 aromatic carbocycles. The summed E-state index contributed by atoms with van der Waals surface area (Å²) in [6, 6.07) is 3.93. The number of hydrogen-bond acceptors (Lipinski definition) is 10. The van der Waals surface area contributed by atoms with Crippen molar-refractivity contribution >= 4 is 57.6 Å². The first-order valence-corrected chi connectivity index (χ1v) is 10.8. The van der Waals surface area contributed by atoms with Crippen LogP contribution in [0, 0.1) is 0 Å². The van der Waals surface area contributed by atoms with Gasteiger partial charge in [0, 0.05) is 42.4 Å². The first kappa shape index (κ1) is 19.3. The number of hydrogen-bond donors (Lipinski definition) is 4. The Morgan fingerprint density at radius 3 is 2.85 bits per heavy atom.